The average Bonchev–Trinajstić information content (AvgIpc) is 3.58. The Morgan fingerprint density at radius 2 is 2.02 bits per heavy atom. The normalized spacial score (nSPS) is 21.7. The van der Waals surface area contributed by atoms with Crippen molar-refractivity contribution in [2.75, 3.05) is 43.5 Å². The van der Waals surface area contributed by atoms with Gasteiger partial charge in [-0.15, -0.1) is 11.3 Å². The topological polar surface area (TPSA) is 112 Å². The van der Waals surface area contributed by atoms with Gasteiger partial charge in [-0.25, -0.2) is 13.2 Å². The van der Waals surface area contributed by atoms with Crippen molar-refractivity contribution in [2.45, 2.75) is 56.0 Å². The molecule has 0 amide bonds. The fourth-order valence-electron chi connectivity index (χ4n) is 7.07. The maximum atomic E-state index is 16.9. The molecule has 242 valence electrons. The minimum absolute atomic E-state index is 0.00476. The number of hydrogen-bond acceptors (Lipinski definition) is 9. The first-order chi connectivity index (χ1) is 22.0. The van der Waals surface area contributed by atoms with Gasteiger partial charge in [0, 0.05) is 41.9 Å². The highest BCUT2D eigenvalue weighted by molar-refractivity contribution is 7.23. The van der Waals surface area contributed by atoms with Gasteiger partial charge >= 0.3 is 12.2 Å². The molecule has 0 bridgehead atoms. The summed E-state index contributed by atoms with van der Waals surface area (Å²) in [5.41, 5.74) is 1.90. The predicted octanol–water partition coefficient (Wildman–Crippen LogP) is 6.18. The van der Waals surface area contributed by atoms with Crippen molar-refractivity contribution in [1.82, 2.24) is 14.9 Å². The molecule has 2 aromatic carbocycles. The number of alkyl halides is 4. The van der Waals surface area contributed by atoms with Gasteiger partial charge in [-0.05, 0) is 49.9 Å². The molecular formula is C31H28F6N6O2S. The third kappa shape index (κ3) is 4.98. The Hall–Kier alpha value is -3.87. The lowest BCUT2D eigenvalue weighted by atomic mass is 9.92. The Kier molecular flexibility index (Phi) is 7.45. The number of benzene rings is 2. The van der Waals surface area contributed by atoms with Crippen molar-refractivity contribution in [3.05, 3.63) is 41.0 Å². The molecule has 3 N–H and O–H groups in total. The van der Waals surface area contributed by atoms with E-state index >= 15 is 4.39 Å². The van der Waals surface area contributed by atoms with Crippen LogP contribution in [0.1, 0.15) is 43.2 Å². The van der Waals surface area contributed by atoms with Crippen molar-refractivity contribution in [1.29, 1.82) is 5.26 Å². The number of fused-ring (bicyclic) bond motifs is 3. The number of aliphatic hydroxyl groups is 1. The average molecular weight is 663 g/mol. The van der Waals surface area contributed by atoms with Crippen molar-refractivity contribution >= 4 is 43.1 Å². The lowest BCUT2D eigenvalue weighted by Gasteiger charge is -2.31. The zero-order chi connectivity index (χ0) is 32.5. The number of nitrogens with zero attached hydrogens (tertiary/aromatic N) is 5. The number of halogens is 6. The molecule has 2 saturated heterocycles. The van der Waals surface area contributed by atoms with E-state index in [-0.39, 0.29) is 82.2 Å². The van der Waals surface area contributed by atoms with Crippen LogP contribution in [0.25, 0.3) is 32.1 Å². The molecule has 46 heavy (non-hydrogen) atoms. The van der Waals surface area contributed by atoms with Crippen LogP contribution < -0.4 is 15.4 Å². The van der Waals surface area contributed by atoms with E-state index in [2.05, 4.69) is 9.97 Å². The summed E-state index contributed by atoms with van der Waals surface area (Å²) in [5, 5.41) is 19.0. The van der Waals surface area contributed by atoms with Crippen LogP contribution in [0, 0.1) is 23.0 Å². The zero-order valence-corrected chi connectivity index (χ0v) is 25.1. The van der Waals surface area contributed by atoms with Crippen molar-refractivity contribution < 1.29 is 36.2 Å². The van der Waals surface area contributed by atoms with Crippen LogP contribution in [-0.4, -0.2) is 70.6 Å². The molecule has 0 unspecified atom stereocenters. The molecule has 15 heteroatoms. The summed E-state index contributed by atoms with van der Waals surface area (Å²) in [4.78, 5) is 12.4. The van der Waals surface area contributed by atoms with Gasteiger partial charge < -0.3 is 20.5 Å². The summed E-state index contributed by atoms with van der Waals surface area (Å²) in [6.07, 6.45) is -3.00. The smallest absolute Gasteiger partial charge is 0.417 e. The quantitative estimate of drug-likeness (QED) is 0.215. The molecule has 2 atom stereocenters. The first kappa shape index (κ1) is 30.8. The monoisotopic (exact) mass is 662 g/mol. The number of ether oxygens (including phenoxy) is 1. The van der Waals surface area contributed by atoms with Gasteiger partial charge in [0.2, 0.25) is 0 Å². The zero-order valence-electron chi connectivity index (χ0n) is 24.3. The Labute approximate surface area is 263 Å². The number of nitriles is 1. The number of rotatable bonds is 8. The number of aliphatic hydroxyl groups excluding tert-OH is 1. The van der Waals surface area contributed by atoms with Crippen LogP contribution in [0.15, 0.2) is 18.2 Å². The van der Waals surface area contributed by atoms with Crippen molar-refractivity contribution in [2.24, 2.45) is 0 Å². The number of aromatic nitrogens is 2. The van der Waals surface area contributed by atoms with Crippen molar-refractivity contribution in [3.63, 3.8) is 0 Å². The van der Waals surface area contributed by atoms with Crippen LogP contribution in [0.2, 0.25) is 0 Å². The van der Waals surface area contributed by atoms with Gasteiger partial charge in [-0.1, -0.05) is 6.07 Å². The third-order valence-corrected chi connectivity index (χ3v) is 10.3. The number of nitrogens with two attached hydrogens (primary N) is 1. The van der Waals surface area contributed by atoms with Gasteiger partial charge in [0.1, 0.15) is 41.0 Å². The molecule has 8 nitrogen and oxygen atoms in total. The summed E-state index contributed by atoms with van der Waals surface area (Å²) in [6, 6.07) is 4.00. The second kappa shape index (κ2) is 11.1. The highest BCUT2D eigenvalue weighted by atomic mass is 32.1. The molecule has 4 aromatic rings. The Morgan fingerprint density at radius 3 is 2.72 bits per heavy atom. The standard InChI is InChI=1S/C31H28F6N6O2S/c32-15-11-30(6-1-7-42(30)13-15)14-45-29-40-25-18(28(41-29)43(8-9-44)16-2-3-16)10-20(31(35,36)37)23(24(25)34)17-4-5-21(33)26-22(17)19(12-38)27(39)46-26/h4-5,10,15-16,44H,1-3,6-9,11,13-14,39H2/t15-,30+/m1/s1. The van der Waals surface area contributed by atoms with E-state index in [0.717, 1.165) is 24.6 Å². The van der Waals surface area contributed by atoms with Gasteiger partial charge in [0.25, 0.3) is 0 Å². The summed E-state index contributed by atoms with van der Waals surface area (Å²) in [5.74, 6) is -2.23. The molecule has 3 aliphatic rings. The summed E-state index contributed by atoms with van der Waals surface area (Å²) >= 11 is 0.682. The van der Waals surface area contributed by atoms with E-state index in [9.17, 15) is 32.3 Å². The molecule has 1 aliphatic carbocycles. The van der Waals surface area contributed by atoms with Gasteiger partial charge in [0.05, 0.1) is 28.0 Å². The lowest BCUT2D eigenvalue weighted by molar-refractivity contribution is -0.137. The van der Waals surface area contributed by atoms with E-state index in [4.69, 9.17) is 10.5 Å². The van der Waals surface area contributed by atoms with Crippen LogP contribution in [0.4, 0.5) is 37.2 Å². The highest BCUT2D eigenvalue weighted by Gasteiger charge is 2.49. The molecule has 0 spiro atoms. The minimum Gasteiger partial charge on any atom is -0.461 e. The maximum absolute atomic E-state index is 16.9. The molecule has 1 saturated carbocycles. The lowest BCUT2D eigenvalue weighted by Crippen LogP contribution is -2.43. The maximum Gasteiger partial charge on any atom is 0.417 e. The highest BCUT2D eigenvalue weighted by Crippen LogP contribution is 2.49. The Balaban J connectivity index is 1.47. The first-order valence-corrected chi connectivity index (χ1v) is 15.7. The number of hydrogen-bond donors (Lipinski definition) is 2. The molecule has 3 fully saturated rings. The SMILES string of the molecule is N#Cc1c(N)sc2c(F)ccc(-c3c(C(F)(F)F)cc4c(N(CCO)C5CC5)nc(OC[C@@]56CCCN5C[C@H](F)C6)nc4c3F)c12. The van der Waals surface area contributed by atoms with E-state index in [1.807, 2.05) is 11.0 Å². The fraction of sp³-hybridized carbons (Fsp3) is 0.452. The Morgan fingerprint density at radius 1 is 1.24 bits per heavy atom. The van der Waals surface area contributed by atoms with Crippen LogP contribution in [-0.2, 0) is 6.18 Å². The van der Waals surface area contributed by atoms with Crippen LogP contribution in [0.3, 0.4) is 0 Å². The second-order valence-electron chi connectivity index (χ2n) is 12.1. The fourth-order valence-corrected chi connectivity index (χ4v) is 8.02. The second-order valence-corrected chi connectivity index (χ2v) is 13.2. The number of thiophene rings is 1. The predicted molar refractivity (Wildman–Crippen MR) is 160 cm³/mol. The van der Waals surface area contributed by atoms with Gasteiger partial charge in [0.15, 0.2) is 5.82 Å². The summed E-state index contributed by atoms with van der Waals surface area (Å²) in [6.45, 7) is 0.629. The summed E-state index contributed by atoms with van der Waals surface area (Å²) in [7, 11) is 0. The van der Waals surface area contributed by atoms with E-state index in [1.54, 1.807) is 4.90 Å². The van der Waals surface area contributed by atoms with E-state index in [0.29, 0.717) is 37.1 Å². The molecule has 2 aliphatic heterocycles. The largest absolute Gasteiger partial charge is 0.461 e. The molecule has 0 radical (unpaired) electrons. The number of nitrogen functional groups attached to an aromatic ring is 1. The third-order valence-electron chi connectivity index (χ3n) is 9.23. The Bertz CT molecular complexity index is 1910. The van der Waals surface area contributed by atoms with Crippen LogP contribution >= 0.6 is 11.3 Å². The molecular weight excluding hydrogens is 634 g/mol. The van der Waals surface area contributed by atoms with Gasteiger partial charge in [-0.2, -0.15) is 28.4 Å². The van der Waals surface area contributed by atoms with Crippen molar-refractivity contribution in [3.8, 4) is 23.2 Å². The van der Waals surface area contributed by atoms with Gasteiger partial charge in [-0.3, -0.25) is 4.90 Å². The van der Waals surface area contributed by atoms with Crippen LogP contribution in [0.5, 0.6) is 6.01 Å². The van der Waals surface area contributed by atoms with E-state index < -0.39 is 46.2 Å². The minimum atomic E-state index is -5.09. The first-order valence-electron chi connectivity index (χ1n) is 14.9. The molecule has 2 aromatic heterocycles. The summed E-state index contributed by atoms with van der Waals surface area (Å²) < 4.78 is 96.4. The molecule has 7 rings (SSSR count). The number of anilines is 2. The molecule has 4 heterocycles. The van der Waals surface area contributed by atoms with E-state index in [1.165, 1.54) is 0 Å².